The molecule has 3 N–H and O–H groups in total. The molecule has 1 aliphatic rings. The lowest BCUT2D eigenvalue weighted by Crippen LogP contribution is -2.46. The molecule has 0 aliphatic carbocycles. The number of benzene rings is 1. The number of amides is 2. The first kappa shape index (κ1) is 16.8. The van der Waals surface area contributed by atoms with E-state index in [9.17, 15) is 4.79 Å². The average molecular weight is 416 g/mol. The van der Waals surface area contributed by atoms with Gasteiger partial charge in [-0.2, -0.15) is 5.10 Å². The molecule has 3 aromatic rings. The molecule has 0 saturated carbocycles. The molecule has 2 amide bonds. The van der Waals surface area contributed by atoms with Gasteiger partial charge >= 0.3 is 6.03 Å². The summed E-state index contributed by atoms with van der Waals surface area (Å²) in [5.41, 5.74) is 1.51. The van der Waals surface area contributed by atoms with Crippen molar-refractivity contribution >= 4 is 44.5 Å². The Morgan fingerprint density at radius 1 is 1.19 bits per heavy atom. The predicted molar refractivity (Wildman–Crippen MR) is 103 cm³/mol. The van der Waals surface area contributed by atoms with Crippen LogP contribution in [0.4, 0.5) is 16.3 Å². The van der Waals surface area contributed by atoms with Crippen LogP contribution in [0.25, 0.3) is 11.0 Å². The second-order valence-electron chi connectivity index (χ2n) is 6.20. The zero-order valence-corrected chi connectivity index (χ0v) is 15.5. The van der Waals surface area contributed by atoms with Crippen LogP contribution < -0.4 is 15.5 Å². The van der Waals surface area contributed by atoms with Gasteiger partial charge < -0.3 is 15.5 Å². The van der Waals surface area contributed by atoms with Crippen LogP contribution in [0.1, 0.15) is 12.8 Å². The van der Waals surface area contributed by atoms with E-state index < -0.39 is 0 Å². The van der Waals surface area contributed by atoms with Crippen LogP contribution in [0.15, 0.2) is 41.3 Å². The maximum Gasteiger partial charge on any atom is 0.319 e. The van der Waals surface area contributed by atoms with Crippen molar-refractivity contribution in [1.29, 1.82) is 0 Å². The third-order valence-electron chi connectivity index (χ3n) is 4.46. The molecule has 1 fully saturated rings. The summed E-state index contributed by atoms with van der Waals surface area (Å²) in [6.07, 6.45) is 5.01. The van der Waals surface area contributed by atoms with Gasteiger partial charge in [0, 0.05) is 29.3 Å². The lowest BCUT2D eigenvalue weighted by Gasteiger charge is -2.33. The van der Waals surface area contributed by atoms with E-state index in [2.05, 4.69) is 51.6 Å². The SMILES string of the molecule is O=C(Nc1ccc(Br)cc1)NC1CCN(c2ncnc3[nH]ncc23)CC1. The summed E-state index contributed by atoms with van der Waals surface area (Å²) in [6, 6.07) is 7.47. The zero-order chi connectivity index (χ0) is 17.9. The fraction of sp³-hybridized carbons (Fsp3) is 0.294. The number of aromatic amines is 1. The molecule has 0 spiro atoms. The van der Waals surface area contributed by atoms with Gasteiger partial charge in [-0.25, -0.2) is 14.8 Å². The van der Waals surface area contributed by atoms with Crippen molar-refractivity contribution in [2.45, 2.75) is 18.9 Å². The van der Waals surface area contributed by atoms with E-state index in [4.69, 9.17) is 0 Å². The molecule has 26 heavy (non-hydrogen) atoms. The molecule has 3 heterocycles. The summed E-state index contributed by atoms with van der Waals surface area (Å²) in [6.45, 7) is 1.64. The molecule has 0 atom stereocenters. The summed E-state index contributed by atoms with van der Waals surface area (Å²) in [5.74, 6) is 0.890. The number of hydrogen-bond acceptors (Lipinski definition) is 5. The van der Waals surface area contributed by atoms with Crippen LogP contribution in [0.5, 0.6) is 0 Å². The zero-order valence-electron chi connectivity index (χ0n) is 13.9. The number of hydrogen-bond donors (Lipinski definition) is 3. The van der Waals surface area contributed by atoms with Crippen LogP contribution in [-0.2, 0) is 0 Å². The minimum Gasteiger partial charge on any atom is -0.356 e. The van der Waals surface area contributed by atoms with Crippen LogP contribution in [-0.4, -0.2) is 45.3 Å². The first-order valence-corrected chi connectivity index (χ1v) is 9.20. The number of piperidine rings is 1. The Morgan fingerprint density at radius 3 is 2.73 bits per heavy atom. The van der Waals surface area contributed by atoms with Gasteiger partial charge in [0.05, 0.1) is 11.6 Å². The van der Waals surface area contributed by atoms with Crippen molar-refractivity contribution in [3.05, 3.63) is 41.3 Å². The quantitative estimate of drug-likeness (QED) is 0.610. The minimum absolute atomic E-state index is 0.142. The monoisotopic (exact) mass is 415 g/mol. The highest BCUT2D eigenvalue weighted by Crippen LogP contribution is 2.24. The molecule has 134 valence electrons. The number of aromatic nitrogens is 4. The van der Waals surface area contributed by atoms with Gasteiger partial charge in [-0.15, -0.1) is 0 Å². The van der Waals surface area contributed by atoms with E-state index in [0.29, 0.717) is 0 Å². The van der Waals surface area contributed by atoms with Gasteiger partial charge in [-0.1, -0.05) is 15.9 Å². The highest BCUT2D eigenvalue weighted by Gasteiger charge is 2.23. The Morgan fingerprint density at radius 2 is 1.96 bits per heavy atom. The highest BCUT2D eigenvalue weighted by molar-refractivity contribution is 9.10. The first-order chi connectivity index (χ1) is 12.7. The second kappa shape index (κ2) is 7.28. The number of rotatable bonds is 3. The Hall–Kier alpha value is -2.68. The van der Waals surface area contributed by atoms with Gasteiger partial charge in [-0.05, 0) is 37.1 Å². The summed E-state index contributed by atoms with van der Waals surface area (Å²) < 4.78 is 0.979. The van der Waals surface area contributed by atoms with E-state index in [0.717, 1.165) is 52.9 Å². The molecular weight excluding hydrogens is 398 g/mol. The molecule has 2 aromatic heterocycles. The van der Waals surface area contributed by atoms with E-state index in [1.165, 1.54) is 0 Å². The number of nitrogens with one attached hydrogen (secondary N) is 3. The summed E-state index contributed by atoms with van der Waals surface area (Å²) in [7, 11) is 0. The first-order valence-electron chi connectivity index (χ1n) is 8.41. The third kappa shape index (κ3) is 3.62. The topological polar surface area (TPSA) is 98.8 Å². The lowest BCUT2D eigenvalue weighted by molar-refractivity contribution is 0.246. The van der Waals surface area contributed by atoms with Gasteiger partial charge in [0.15, 0.2) is 5.65 Å². The molecule has 0 radical (unpaired) electrons. The maximum atomic E-state index is 12.2. The average Bonchev–Trinajstić information content (AvgIpc) is 3.13. The van der Waals surface area contributed by atoms with Crippen molar-refractivity contribution in [1.82, 2.24) is 25.5 Å². The van der Waals surface area contributed by atoms with Crippen molar-refractivity contribution in [3.63, 3.8) is 0 Å². The van der Waals surface area contributed by atoms with Crippen LogP contribution in [0.2, 0.25) is 0 Å². The van der Waals surface area contributed by atoms with Crippen molar-refractivity contribution < 1.29 is 4.79 Å². The molecular formula is C17H18BrN7O. The fourth-order valence-corrected chi connectivity index (χ4v) is 3.39. The number of nitrogens with zero attached hydrogens (tertiary/aromatic N) is 4. The highest BCUT2D eigenvalue weighted by atomic mass is 79.9. The predicted octanol–water partition coefficient (Wildman–Crippen LogP) is 2.91. The maximum absolute atomic E-state index is 12.2. The molecule has 9 heteroatoms. The van der Waals surface area contributed by atoms with Crippen molar-refractivity contribution in [3.8, 4) is 0 Å². The van der Waals surface area contributed by atoms with Gasteiger partial charge in [-0.3, -0.25) is 5.10 Å². The molecule has 1 aliphatic heterocycles. The standard InChI is InChI=1S/C17H18BrN7O/c18-11-1-3-12(4-2-11)22-17(26)23-13-5-7-25(8-6-13)16-14-9-21-24-15(14)19-10-20-16/h1-4,9-10,13H,5-8H2,(H2,22,23,26)(H,19,20,21,24). The van der Waals surface area contributed by atoms with Crippen LogP contribution >= 0.6 is 15.9 Å². The summed E-state index contributed by atoms with van der Waals surface area (Å²) >= 11 is 3.38. The van der Waals surface area contributed by atoms with Crippen molar-refractivity contribution in [2.24, 2.45) is 0 Å². The van der Waals surface area contributed by atoms with Crippen LogP contribution in [0, 0.1) is 0 Å². The Labute approximate surface area is 158 Å². The number of halogens is 1. The second-order valence-corrected chi connectivity index (χ2v) is 7.11. The largest absolute Gasteiger partial charge is 0.356 e. The third-order valence-corrected chi connectivity index (χ3v) is 4.99. The Kier molecular flexibility index (Phi) is 4.70. The van der Waals surface area contributed by atoms with Crippen molar-refractivity contribution in [2.75, 3.05) is 23.3 Å². The number of carbonyl (C=O) groups is 1. The summed E-state index contributed by atoms with van der Waals surface area (Å²) in [4.78, 5) is 23.0. The van der Waals surface area contributed by atoms with E-state index >= 15 is 0 Å². The van der Waals surface area contributed by atoms with E-state index in [1.807, 2.05) is 24.3 Å². The van der Waals surface area contributed by atoms with E-state index in [1.54, 1.807) is 12.5 Å². The number of urea groups is 1. The summed E-state index contributed by atoms with van der Waals surface area (Å²) in [5, 5.41) is 13.7. The van der Waals surface area contributed by atoms with Gasteiger partial charge in [0.2, 0.25) is 0 Å². The number of carbonyl (C=O) groups excluding carboxylic acids is 1. The Balaban J connectivity index is 1.33. The molecule has 0 bridgehead atoms. The molecule has 4 rings (SSSR count). The molecule has 0 unspecified atom stereocenters. The minimum atomic E-state index is -0.176. The fourth-order valence-electron chi connectivity index (χ4n) is 3.13. The van der Waals surface area contributed by atoms with Gasteiger partial charge in [0.25, 0.3) is 0 Å². The Bertz CT molecular complexity index is 903. The van der Waals surface area contributed by atoms with E-state index in [-0.39, 0.29) is 12.1 Å². The normalized spacial score (nSPS) is 15.2. The van der Waals surface area contributed by atoms with Gasteiger partial charge in [0.1, 0.15) is 12.1 Å². The number of fused-ring (bicyclic) bond motifs is 1. The molecule has 1 saturated heterocycles. The smallest absolute Gasteiger partial charge is 0.319 e. The molecule has 1 aromatic carbocycles. The number of anilines is 2. The lowest BCUT2D eigenvalue weighted by atomic mass is 10.1. The number of H-pyrrole nitrogens is 1. The van der Waals surface area contributed by atoms with Crippen LogP contribution in [0.3, 0.4) is 0 Å². The molecule has 8 nitrogen and oxygen atoms in total.